The summed E-state index contributed by atoms with van der Waals surface area (Å²) in [5, 5.41) is 12.6. The molecule has 0 unspecified atom stereocenters. The van der Waals surface area contributed by atoms with Crippen LogP contribution in [0.3, 0.4) is 0 Å². The molecule has 9 heteroatoms. The highest BCUT2D eigenvalue weighted by atomic mass is 16.6. The molecule has 0 radical (unpaired) electrons. The van der Waals surface area contributed by atoms with Gasteiger partial charge in [0.1, 0.15) is 0 Å². The molecule has 2 heterocycles. The van der Waals surface area contributed by atoms with Gasteiger partial charge in [-0.25, -0.2) is 9.78 Å². The molecule has 2 aromatic rings. The van der Waals surface area contributed by atoms with Crippen molar-refractivity contribution in [3.05, 3.63) is 35.7 Å². The average molecular weight is 401 g/mol. The lowest BCUT2D eigenvalue weighted by molar-refractivity contribution is -0.115. The van der Waals surface area contributed by atoms with Crippen LogP contribution < -0.4 is 15.4 Å². The maximum atomic E-state index is 12.4. The molecule has 1 fully saturated rings. The van der Waals surface area contributed by atoms with Gasteiger partial charge >= 0.3 is 6.09 Å². The lowest BCUT2D eigenvalue weighted by Gasteiger charge is -2.27. The molecular weight excluding hydrogens is 374 g/mol. The van der Waals surface area contributed by atoms with Gasteiger partial charge < -0.3 is 20.1 Å². The smallest absolute Gasteiger partial charge is 0.408 e. The number of anilines is 1. The molecular formula is C20H27N5O4. The Morgan fingerprint density at radius 3 is 2.79 bits per heavy atom. The highest BCUT2D eigenvalue weighted by Crippen LogP contribution is 2.42. The van der Waals surface area contributed by atoms with Gasteiger partial charge in [-0.15, -0.1) is 0 Å². The molecule has 3 rings (SSSR count). The SMILES string of the molecule is CCCNC(=O)OC1(c2cc(NC(=O)Cc3ccnc(OC)c3)n[nH]2)CCCC1. The zero-order valence-corrected chi connectivity index (χ0v) is 16.8. The fraction of sp³-hybridized carbons (Fsp3) is 0.500. The fourth-order valence-corrected chi connectivity index (χ4v) is 3.48. The molecule has 2 aromatic heterocycles. The van der Waals surface area contributed by atoms with Gasteiger partial charge in [0.2, 0.25) is 11.8 Å². The lowest BCUT2D eigenvalue weighted by atomic mass is 9.98. The van der Waals surface area contributed by atoms with Crippen molar-refractivity contribution in [2.75, 3.05) is 19.0 Å². The monoisotopic (exact) mass is 401 g/mol. The summed E-state index contributed by atoms with van der Waals surface area (Å²) in [7, 11) is 1.53. The molecule has 3 N–H and O–H groups in total. The number of methoxy groups -OCH3 is 1. The second-order valence-corrected chi connectivity index (χ2v) is 7.12. The number of hydrogen-bond acceptors (Lipinski definition) is 6. The highest BCUT2D eigenvalue weighted by molar-refractivity contribution is 5.91. The molecule has 1 aliphatic rings. The van der Waals surface area contributed by atoms with Crippen LogP contribution in [0.5, 0.6) is 5.88 Å². The topological polar surface area (TPSA) is 118 Å². The number of carbonyl (C=O) groups excluding carboxylic acids is 2. The number of nitrogens with one attached hydrogen (secondary N) is 3. The van der Waals surface area contributed by atoms with Crippen molar-refractivity contribution in [3.63, 3.8) is 0 Å². The number of pyridine rings is 1. The summed E-state index contributed by atoms with van der Waals surface area (Å²) in [5.41, 5.74) is 0.752. The Labute approximate surface area is 169 Å². The van der Waals surface area contributed by atoms with Gasteiger partial charge in [0.15, 0.2) is 11.4 Å². The van der Waals surface area contributed by atoms with E-state index in [0.29, 0.717) is 23.9 Å². The Hall–Kier alpha value is -3.10. The fourth-order valence-electron chi connectivity index (χ4n) is 3.48. The molecule has 2 amide bonds. The van der Waals surface area contributed by atoms with Crippen molar-refractivity contribution in [2.24, 2.45) is 0 Å². The summed E-state index contributed by atoms with van der Waals surface area (Å²) in [5.74, 6) is 0.646. The van der Waals surface area contributed by atoms with E-state index in [4.69, 9.17) is 9.47 Å². The summed E-state index contributed by atoms with van der Waals surface area (Å²) in [6.45, 7) is 2.55. The van der Waals surface area contributed by atoms with E-state index >= 15 is 0 Å². The van der Waals surface area contributed by atoms with E-state index in [9.17, 15) is 9.59 Å². The van der Waals surface area contributed by atoms with Crippen molar-refractivity contribution < 1.29 is 19.1 Å². The summed E-state index contributed by atoms with van der Waals surface area (Å²) in [6, 6.07) is 5.21. The van der Waals surface area contributed by atoms with Crippen LogP contribution in [0.4, 0.5) is 10.6 Å². The van der Waals surface area contributed by atoms with Gasteiger partial charge in [-0.3, -0.25) is 9.89 Å². The number of ether oxygens (including phenoxy) is 2. The number of H-pyrrole nitrogens is 1. The second kappa shape index (κ2) is 9.40. The van der Waals surface area contributed by atoms with E-state index in [1.807, 2.05) is 6.92 Å². The minimum Gasteiger partial charge on any atom is -0.481 e. The zero-order valence-electron chi connectivity index (χ0n) is 16.8. The quantitative estimate of drug-likeness (QED) is 0.626. The molecule has 1 saturated carbocycles. The van der Waals surface area contributed by atoms with Crippen molar-refractivity contribution in [1.82, 2.24) is 20.5 Å². The van der Waals surface area contributed by atoms with Gasteiger partial charge in [-0.1, -0.05) is 6.92 Å². The standard InChI is InChI=1S/C20H27N5O4/c1-3-9-22-19(27)29-20(7-4-5-8-20)15-13-16(25-24-15)23-17(26)11-14-6-10-21-18(12-14)28-2/h6,10,12-13H,3-5,7-9,11H2,1-2H3,(H,22,27)(H2,23,24,25,26). The lowest BCUT2D eigenvalue weighted by Crippen LogP contribution is -2.36. The minimum atomic E-state index is -0.730. The third-order valence-corrected chi connectivity index (χ3v) is 4.93. The Bertz CT molecular complexity index is 845. The van der Waals surface area contributed by atoms with Gasteiger partial charge in [0, 0.05) is 24.9 Å². The average Bonchev–Trinajstić information content (AvgIpc) is 3.37. The van der Waals surface area contributed by atoms with Gasteiger partial charge in [0.25, 0.3) is 0 Å². The predicted octanol–water partition coefficient (Wildman–Crippen LogP) is 2.90. The Morgan fingerprint density at radius 1 is 1.28 bits per heavy atom. The largest absolute Gasteiger partial charge is 0.481 e. The molecule has 0 saturated heterocycles. The van der Waals surface area contributed by atoms with Crippen LogP contribution in [0.15, 0.2) is 24.4 Å². The zero-order chi connectivity index (χ0) is 20.7. The van der Waals surface area contributed by atoms with Crippen LogP contribution in [-0.4, -0.2) is 40.8 Å². The maximum Gasteiger partial charge on any atom is 0.408 e. The summed E-state index contributed by atoms with van der Waals surface area (Å²) < 4.78 is 10.8. The van der Waals surface area contributed by atoms with E-state index < -0.39 is 11.7 Å². The third kappa shape index (κ3) is 5.24. The number of aromatic amines is 1. The van der Waals surface area contributed by atoms with Gasteiger partial charge in [0.05, 0.1) is 19.2 Å². The molecule has 0 bridgehead atoms. The van der Waals surface area contributed by atoms with Crippen LogP contribution in [0.25, 0.3) is 0 Å². The molecule has 29 heavy (non-hydrogen) atoms. The van der Waals surface area contributed by atoms with E-state index in [1.165, 1.54) is 7.11 Å². The number of amides is 2. The second-order valence-electron chi connectivity index (χ2n) is 7.12. The van der Waals surface area contributed by atoms with Crippen molar-refractivity contribution >= 4 is 17.8 Å². The Morgan fingerprint density at radius 2 is 2.07 bits per heavy atom. The highest BCUT2D eigenvalue weighted by Gasteiger charge is 2.41. The van der Waals surface area contributed by atoms with Crippen LogP contribution in [0, 0.1) is 0 Å². The summed E-state index contributed by atoms with van der Waals surface area (Å²) in [6.07, 6.45) is 5.54. The Balaban J connectivity index is 1.65. The maximum absolute atomic E-state index is 12.4. The first kappa shape index (κ1) is 20.6. The molecule has 156 valence electrons. The van der Waals surface area contributed by atoms with Crippen LogP contribution >= 0.6 is 0 Å². The van der Waals surface area contributed by atoms with E-state index in [-0.39, 0.29) is 12.3 Å². The molecule has 0 atom stereocenters. The first-order valence-electron chi connectivity index (χ1n) is 9.86. The molecule has 9 nitrogen and oxygen atoms in total. The van der Waals surface area contributed by atoms with E-state index in [0.717, 1.165) is 37.7 Å². The molecule has 1 aliphatic carbocycles. The van der Waals surface area contributed by atoms with E-state index in [1.54, 1.807) is 24.4 Å². The number of alkyl carbamates (subject to hydrolysis) is 1. The van der Waals surface area contributed by atoms with Crippen LogP contribution in [0.1, 0.15) is 50.3 Å². The first-order chi connectivity index (χ1) is 14.0. The van der Waals surface area contributed by atoms with Crippen molar-refractivity contribution in [1.29, 1.82) is 0 Å². The van der Waals surface area contributed by atoms with Gasteiger partial charge in [-0.2, -0.15) is 5.10 Å². The third-order valence-electron chi connectivity index (χ3n) is 4.93. The molecule has 0 aromatic carbocycles. The number of rotatable bonds is 8. The van der Waals surface area contributed by atoms with Crippen molar-refractivity contribution in [3.8, 4) is 5.88 Å². The van der Waals surface area contributed by atoms with E-state index in [2.05, 4.69) is 25.8 Å². The Kier molecular flexibility index (Phi) is 6.69. The molecule has 0 spiro atoms. The summed E-state index contributed by atoms with van der Waals surface area (Å²) >= 11 is 0. The predicted molar refractivity (Wildman–Crippen MR) is 107 cm³/mol. The van der Waals surface area contributed by atoms with Crippen LogP contribution in [-0.2, 0) is 21.6 Å². The first-order valence-corrected chi connectivity index (χ1v) is 9.86. The number of hydrogen-bond donors (Lipinski definition) is 3. The summed E-state index contributed by atoms with van der Waals surface area (Å²) in [4.78, 5) is 28.5. The number of nitrogens with zero attached hydrogens (tertiary/aromatic N) is 2. The van der Waals surface area contributed by atoms with Crippen molar-refractivity contribution in [2.45, 2.75) is 51.0 Å². The van der Waals surface area contributed by atoms with Gasteiger partial charge in [-0.05, 0) is 43.7 Å². The number of carbonyl (C=O) groups is 2. The van der Waals surface area contributed by atoms with Crippen LogP contribution in [0.2, 0.25) is 0 Å². The minimum absolute atomic E-state index is 0.169. The normalized spacial score (nSPS) is 15.0. The molecule has 0 aliphatic heterocycles. The number of aromatic nitrogens is 3.